The minimum absolute atomic E-state index is 0.00911. The van der Waals surface area contributed by atoms with Crippen LogP contribution in [0, 0.1) is 0 Å². The third kappa shape index (κ3) is 5.85. The van der Waals surface area contributed by atoms with Crippen molar-refractivity contribution >= 4 is 27.9 Å². The number of sulfone groups is 1. The molecule has 1 fully saturated rings. The van der Waals surface area contributed by atoms with Gasteiger partial charge in [0.25, 0.3) is 0 Å². The molecule has 120 valence electrons. The van der Waals surface area contributed by atoms with Crippen molar-refractivity contribution in [3.8, 4) is 0 Å². The molecule has 0 spiro atoms. The molecule has 11 heteroatoms. The van der Waals surface area contributed by atoms with E-state index in [1.54, 1.807) is 0 Å². The maximum Gasteiger partial charge on any atom is 0.404 e. The normalized spacial score (nSPS) is 20.6. The number of nitrogens with two attached hydrogens (primary N) is 1. The Morgan fingerprint density at radius 1 is 1.38 bits per heavy atom. The number of primary amides is 1. The van der Waals surface area contributed by atoms with Gasteiger partial charge in [-0.25, -0.2) is 18.0 Å². The summed E-state index contributed by atoms with van der Waals surface area (Å²) in [6.45, 7) is -0.218. The third-order valence-electron chi connectivity index (χ3n) is 2.82. The standard InChI is InChI=1S/C10H17N3O7S/c11-9(16)20-3-1-12-10(17)13-2-4-21(18,19)6-7(13)5-8(14)15/h7H,1-6H2,(H2,11,16)(H,12,17)(H,14,15). The second-order valence-corrected chi connectivity index (χ2v) is 6.69. The first-order valence-electron chi connectivity index (χ1n) is 6.10. The van der Waals surface area contributed by atoms with Crippen molar-refractivity contribution in [3.05, 3.63) is 0 Å². The highest BCUT2D eigenvalue weighted by Gasteiger charge is 2.35. The molecular weight excluding hydrogens is 306 g/mol. The zero-order chi connectivity index (χ0) is 16.0. The van der Waals surface area contributed by atoms with Crippen LogP contribution in [-0.2, 0) is 19.4 Å². The van der Waals surface area contributed by atoms with Crippen LogP contribution >= 0.6 is 0 Å². The van der Waals surface area contributed by atoms with E-state index in [1.807, 2.05) is 0 Å². The minimum atomic E-state index is -3.35. The molecule has 3 amide bonds. The van der Waals surface area contributed by atoms with Gasteiger partial charge in [-0.1, -0.05) is 0 Å². The smallest absolute Gasteiger partial charge is 0.404 e. The highest BCUT2D eigenvalue weighted by Crippen LogP contribution is 2.15. The molecule has 1 atom stereocenters. The van der Waals surface area contributed by atoms with Gasteiger partial charge in [0.05, 0.1) is 30.5 Å². The first-order valence-corrected chi connectivity index (χ1v) is 7.92. The van der Waals surface area contributed by atoms with E-state index in [1.165, 1.54) is 4.90 Å². The van der Waals surface area contributed by atoms with Crippen molar-refractivity contribution in [2.75, 3.05) is 31.2 Å². The van der Waals surface area contributed by atoms with Gasteiger partial charge in [0.1, 0.15) is 6.61 Å². The maximum absolute atomic E-state index is 11.9. The average molecular weight is 323 g/mol. The Morgan fingerprint density at radius 2 is 2.05 bits per heavy atom. The molecule has 1 aliphatic heterocycles. The monoisotopic (exact) mass is 323 g/mol. The molecule has 0 saturated carbocycles. The predicted octanol–water partition coefficient (Wildman–Crippen LogP) is -1.63. The summed E-state index contributed by atoms with van der Waals surface area (Å²) in [5.74, 6) is -1.79. The van der Waals surface area contributed by atoms with E-state index >= 15 is 0 Å². The Hall–Kier alpha value is -2.04. The Labute approximate surface area is 121 Å². The minimum Gasteiger partial charge on any atom is -0.481 e. The van der Waals surface area contributed by atoms with Crippen molar-refractivity contribution in [2.24, 2.45) is 5.73 Å². The Morgan fingerprint density at radius 3 is 2.62 bits per heavy atom. The SMILES string of the molecule is NC(=O)OCCNC(=O)N1CCS(=O)(=O)CC1CC(=O)O. The van der Waals surface area contributed by atoms with Crippen LogP contribution in [0.3, 0.4) is 0 Å². The number of nitrogens with one attached hydrogen (secondary N) is 1. The van der Waals surface area contributed by atoms with Crippen LogP contribution in [0.5, 0.6) is 0 Å². The molecule has 1 aliphatic rings. The van der Waals surface area contributed by atoms with E-state index in [4.69, 9.17) is 10.8 Å². The molecule has 0 aromatic heterocycles. The fourth-order valence-corrected chi connectivity index (χ4v) is 3.46. The molecule has 1 rings (SSSR count). The molecule has 10 nitrogen and oxygen atoms in total. The van der Waals surface area contributed by atoms with Gasteiger partial charge in [0, 0.05) is 6.54 Å². The number of aliphatic carboxylic acids is 1. The highest BCUT2D eigenvalue weighted by atomic mass is 32.2. The number of carboxylic acids is 1. The average Bonchev–Trinajstić information content (AvgIpc) is 2.32. The fraction of sp³-hybridized carbons (Fsp3) is 0.700. The van der Waals surface area contributed by atoms with Gasteiger partial charge >= 0.3 is 18.1 Å². The van der Waals surface area contributed by atoms with Gasteiger partial charge in [-0.2, -0.15) is 0 Å². The van der Waals surface area contributed by atoms with E-state index in [0.29, 0.717) is 0 Å². The number of amides is 3. The number of nitrogens with zero attached hydrogens (tertiary/aromatic N) is 1. The molecule has 1 saturated heterocycles. The first kappa shape index (κ1) is 17.0. The van der Waals surface area contributed by atoms with E-state index in [9.17, 15) is 22.8 Å². The second-order valence-electron chi connectivity index (χ2n) is 4.46. The Balaban J connectivity index is 2.58. The van der Waals surface area contributed by atoms with Crippen LogP contribution in [0.4, 0.5) is 9.59 Å². The summed E-state index contributed by atoms with van der Waals surface area (Å²) in [5.41, 5.74) is 4.74. The molecule has 0 aliphatic carbocycles. The van der Waals surface area contributed by atoms with Gasteiger partial charge in [-0.15, -0.1) is 0 Å². The molecule has 0 aromatic carbocycles. The van der Waals surface area contributed by atoms with Gasteiger partial charge in [0.2, 0.25) is 0 Å². The van der Waals surface area contributed by atoms with Crippen LogP contribution in [0.15, 0.2) is 0 Å². The number of rotatable bonds is 5. The molecule has 1 unspecified atom stereocenters. The number of urea groups is 1. The first-order chi connectivity index (χ1) is 9.71. The number of carbonyl (C=O) groups excluding carboxylic acids is 2. The van der Waals surface area contributed by atoms with Crippen LogP contribution < -0.4 is 11.1 Å². The molecule has 0 aromatic rings. The van der Waals surface area contributed by atoms with Gasteiger partial charge in [0.15, 0.2) is 9.84 Å². The number of hydrogen-bond acceptors (Lipinski definition) is 6. The van der Waals surface area contributed by atoms with Crippen LogP contribution in [-0.4, -0.2) is 73.8 Å². The molecule has 21 heavy (non-hydrogen) atoms. The van der Waals surface area contributed by atoms with Crippen molar-refractivity contribution in [1.29, 1.82) is 0 Å². The summed E-state index contributed by atoms with van der Waals surface area (Å²) >= 11 is 0. The molecule has 0 radical (unpaired) electrons. The van der Waals surface area contributed by atoms with Crippen molar-refractivity contribution < 1.29 is 32.6 Å². The van der Waals surface area contributed by atoms with E-state index in [-0.39, 0.29) is 31.2 Å². The van der Waals surface area contributed by atoms with E-state index in [2.05, 4.69) is 10.1 Å². The van der Waals surface area contributed by atoms with E-state index in [0.717, 1.165) is 0 Å². The lowest BCUT2D eigenvalue weighted by molar-refractivity contribution is -0.138. The van der Waals surface area contributed by atoms with Crippen LogP contribution in [0.25, 0.3) is 0 Å². The second kappa shape index (κ2) is 7.11. The van der Waals surface area contributed by atoms with Crippen molar-refractivity contribution in [1.82, 2.24) is 10.2 Å². The Kier molecular flexibility index (Phi) is 5.76. The van der Waals surface area contributed by atoms with Crippen LogP contribution in [0.2, 0.25) is 0 Å². The quantitative estimate of drug-likeness (QED) is 0.512. The summed E-state index contributed by atoms with van der Waals surface area (Å²) in [4.78, 5) is 34.2. The third-order valence-corrected chi connectivity index (χ3v) is 4.52. The zero-order valence-electron chi connectivity index (χ0n) is 11.1. The number of carbonyl (C=O) groups is 3. The maximum atomic E-state index is 11.9. The lowest BCUT2D eigenvalue weighted by Crippen LogP contribution is -2.55. The van der Waals surface area contributed by atoms with Gasteiger partial charge in [-0.05, 0) is 0 Å². The summed E-state index contributed by atoms with van der Waals surface area (Å²) in [5, 5.41) is 11.2. The lowest BCUT2D eigenvalue weighted by Gasteiger charge is -2.34. The van der Waals surface area contributed by atoms with Gasteiger partial charge in [-0.3, -0.25) is 4.79 Å². The number of hydrogen-bond donors (Lipinski definition) is 3. The summed E-state index contributed by atoms with van der Waals surface area (Å²) in [6, 6.07) is -1.53. The molecule has 0 bridgehead atoms. The summed E-state index contributed by atoms with van der Waals surface area (Å²) < 4.78 is 27.5. The molecular formula is C10H17N3O7S. The highest BCUT2D eigenvalue weighted by molar-refractivity contribution is 7.91. The van der Waals surface area contributed by atoms with Crippen LogP contribution in [0.1, 0.15) is 6.42 Å². The number of carboxylic acid groups (broad SMARTS) is 1. The Bertz CT molecular complexity index is 519. The lowest BCUT2D eigenvalue weighted by atomic mass is 10.2. The largest absolute Gasteiger partial charge is 0.481 e. The predicted molar refractivity (Wildman–Crippen MR) is 70.3 cm³/mol. The molecule has 4 N–H and O–H groups in total. The summed E-state index contributed by atoms with van der Waals surface area (Å²) in [7, 11) is -3.35. The zero-order valence-corrected chi connectivity index (χ0v) is 12.0. The van der Waals surface area contributed by atoms with Crippen molar-refractivity contribution in [2.45, 2.75) is 12.5 Å². The number of ether oxygens (including phenoxy) is 1. The fourth-order valence-electron chi connectivity index (χ4n) is 1.94. The summed E-state index contributed by atoms with van der Waals surface area (Å²) in [6.07, 6.45) is -1.43. The van der Waals surface area contributed by atoms with Crippen molar-refractivity contribution in [3.63, 3.8) is 0 Å². The topological polar surface area (TPSA) is 156 Å². The van der Waals surface area contributed by atoms with Gasteiger partial charge < -0.3 is 25.8 Å². The molecule has 1 heterocycles. The van der Waals surface area contributed by atoms with E-state index < -0.39 is 40.4 Å².